The maximum Gasteiger partial charge on any atom is 0.336 e. The first-order valence-electron chi connectivity index (χ1n) is 6.83. The Morgan fingerprint density at radius 2 is 1.91 bits per heavy atom. The molecule has 1 aromatic carbocycles. The first-order chi connectivity index (χ1) is 11.0. The molecule has 120 valence electrons. The van der Waals surface area contributed by atoms with Crippen molar-refractivity contribution in [3.8, 4) is 0 Å². The van der Waals surface area contributed by atoms with Crippen molar-refractivity contribution in [2.75, 3.05) is 6.61 Å². The number of carbonyl (C=O) groups excluding carboxylic acids is 3. The molecule has 5 nitrogen and oxygen atoms in total. The summed E-state index contributed by atoms with van der Waals surface area (Å²) in [5, 5.41) is 4.07. The molecule has 2 aromatic rings. The lowest BCUT2D eigenvalue weighted by Crippen LogP contribution is -2.47. The number of esters is 1. The predicted octanol–water partition coefficient (Wildman–Crippen LogP) is 2.43. The number of ether oxygens (including phenoxy) is 1. The molecular formula is C16H14FNO4S. The molecule has 0 saturated carbocycles. The van der Waals surface area contributed by atoms with Crippen molar-refractivity contribution in [2.24, 2.45) is 0 Å². The van der Waals surface area contributed by atoms with Crippen LogP contribution >= 0.6 is 11.3 Å². The molecule has 0 saturated heterocycles. The molecule has 1 unspecified atom stereocenters. The summed E-state index contributed by atoms with van der Waals surface area (Å²) in [6, 6.07) is 6.50. The van der Waals surface area contributed by atoms with Gasteiger partial charge in [0.2, 0.25) is 0 Å². The van der Waals surface area contributed by atoms with Gasteiger partial charge in [0.15, 0.2) is 11.8 Å². The van der Waals surface area contributed by atoms with Gasteiger partial charge in [0, 0.05) is 5.56 Å². The van der Waals surface area contributed by atoms with Gasteiger partial charge < -0.3 is 10.1 Å². The Labute approximate surface area is 136 Å². The number of hydrogen-bond donors (Lipinski definition) is 1. The van der Waals surface area contributed by atoms with Crippen LogP contribution < -0.4 is 5.32 Å². The highest BCUT2D eigenvalue weighted by molar-refractivity contribution is 7.12. The SMILES string of the molecule is CCOC(=O)C(NC(=O)c1cccs1)C(=O)c1ccc(F)cc1. The van der Waals surface area contributed by atoms with Crippen molar-refractivity contribution in [3.05, 3.63) is 58.0 Å². The van der Waals surface area contributed by atoms with E-state index in [1.54, 1.807) is 24.4 Å². The van der Waals surface area contributed by atoms with Crippen LogP contribution in [-0.4, -0.2) is 30.3 Å². The summed E-state index contributed by atoms with van der Waals surface area (Å²) < 4.78 is 17.8. The monoisotopic (exact) mass is 335 g/mol. The molecule has 1 N–H and O–H groups in total. The van der Waals surface area contributed by atoms with E-state index in [2.05, 4.69) is 5.32 Å². The number of nitrogens with one attached hydrogen (secondary N) is 1. The molecule has 1 heterocycles. The van der Waals surface area contributed by atoms with Crippen molar-refractivity contribution in [1.82, 2.24) is 5.32 Å². The van der Waals surface area contributed by atoms with Crippen LogP contribution in [0.4, 0.5) is 4.39 Å². The van der Waals surface area contributed by atoms with Gasteiger partial charge in [-0.05, 0) is 42.6 Å². The fourth-order valence-electron chi connectivity index (χ4n) is 1.85. The van der Waals surface area contributed by atoms with Gasteiger partial charge in [-0.3, -0.25) is 9.59 Å². The van der Waals surface area contributed by atoms with Gasteiger partial charge >= 0.3 is 5.97 Å². The van der Waals surface area contributed by atoms with Crippen LogP contribution in [0.15, 0.2) is 41.8 Å². The Morgan fingerprint density at radius 3 is 2.48 bits per heavy atom. The van der Waals surface area contributed by atoms with Crippen molar-refractivity contribution in [3.63, 3.8) is 0 Å². The molecule has 1 aromatic heterocycles. The van der Waals surface area contributed by atoms with E-state index >= 15 is 0 Å². The van der Waals surface area contributed by atoms with Crippen LogP contribution in [-0.2, 0) is 9.53 Å². The highest BCUT2D eigenvalue weighted by Gasteiger charge is 2.31. The van der Waals surface area contributed by atoms with Crippen LogP contribution in [0.25, 0.3) is 0 Å². The number of ketones is 1. The average molecular weight is 335 g/mol. The molecule has 1 amide bonds. The number of thiophene rings is 1. The first-order valence-corrected chi connectivity index (χ1v) is 7.71. The summed E-state index contributed by atoms with van der Waals surface area (Å²) in [5.41, 5.74) is 0.107. The van der Waals surface area contributed by atoms with E-state index in [1.807, 2.05) is 0 Å². The Kier molecular flexibility index (Phi) is 5.59. The van der Waals surface area contributed by atoms with E-state index in [0.717, 1.165) is 12.1 Å². The molecular weight excluding hydrogens is 321 g/mol. The van der Waals surface area contributed by atoms with E-state index in [1.165, 1.54) is 23.5 Å². The third-order valence-corrected chi connectivity index (χ3v) is 3.80. The van der Waals surface area contributed by atoms with Gasteiger partial charge in [-0.1, -0.05) is 6.07 Å². The maximum atomic E-state index is 13.0. The lowest BCUT2D eigenvalue weighted by molar-refractivity contribution is -0.144. The fourth-order valence-corrected chi connectivity index (χ4v) is 2.47. The van der Waals surface area contributed by atoms with Gasteiger partial charge in [-0.25, -0.2) is 9.18 Å². The van der Waals surface area contributed by atoms with E-state index < -0.39 is 29.5 Å². The fraction of sp³-hybridized carbons (Fsp3) is 0.188. The minimum Gasteiger partial charge on any atom is -0.464 e. The van der Waals surface area contributed by atoms with Crippen molar-refractivity contribution >= 4 is 29.0 Å². The predicted molar refractivity (Wildman–Crippen MR) is 82.9 cm³/mol. The summed E-state index contributed by atoms with van der Waals surface area (Å²) in [7, 11) is 0. The molecule has 0 fully saturated rings. The van der Waals surface area contributed by atoms with Crippen LogP contribution in [0.2, 0.25) is 0 Å². The summed E-state index contributed by atoms with van der Waals surface area (Å²) in [5.74, 6) is -2.56. The second-order valence-electron chi connectivity index (χ2n) is 4.51. The number of amides is 1. The Morgan fingerprint density at radius 1 is 1.22 bits per heavy atom. The number of halogens is 1. The van der Waals surface area contributed by atoms with Gasteiger partial charge in [0.05, 0.1) is 11.5 Å². The molecule has 0 aliphatic carbocycles. The second kappa shape index (κ2) is 7.64. The van der Waals surface area contributed by atoms with Crippen LogP contribution in [0, 0.1) is 5.82 Å². The third kappa shape index (κ3) is 4.23. The highest BCUT2D eigenvalue weighted by atomic mass is 32.1. The second-order valence-corrected chi connectivity index (χ2v) is 5.45. The number of Topliss-reactive ketones (excluding diaryl/α,β-unsaturated/α-hetero) is 1. The molecule has 23 heavy (non-hydrogen) atoms. The average Bonchev–Trinajstić information content (AvgIpc) is 3.07. The maximum absolute atomic E-state index is 13.0. The van der Waals surface area contributed by atoms with E-state index in [-0.39, 0.29) is 12.2 Å². The van der Waals surface area contributed by atoms with Crippen LogP contribution in [0.1, 0.15) is 27.0 Å². The van der Waals surface area contributed by atoms with Gasteiger partial charge in [0.1, 0.15) is 5.82 Å². The zero-order valence-corrected chi connectivity index (χ0v) is 13.1. The van der Waals surface area contributed by atoms with Crippen LogP contribution in [0.3, 0.4) is 0 Å². The number of carbonyl (C=O) groups is 3. The van der Waals surface area contributed by atoms with Crippen molar-refractivity contribution < 1.29 is 23.5 Å². The number of benzene rings is 1. The Bertz CT molecular complexity index is 697. The van der Waals surface area contributed by atoms with E-state index in [0.29, 0.717) is 4.88 Å². The standard InChI is InChI=1S/C16H14FNO4S/c1-2-22-16(21)13(18-15(20)12-4-3-9-23-12)14(19)10-5-7-11(17)8-6-10/h3-9,13H,2H2,1H3,(H,18,20). The number of hydrogen-bond acceptors (Lipinski definition) is 5. The summed E-state index contributed by atoms with van der Waals surface area (Å²) in [6.07, 6.45) is 0. The number of rotatable bonds is 6. The summed E-state index contributed by atoms with van der Waals surface area (Å²) in [4.78, 5) is 36.9. The topological polar surface area (TPSA) is 72.5 Å². The van der Waals surface area contributed by atoms with E-state index in [4.69, 9.17) is 4.74 Å². The third-order valence-electron chi connectivity index (χ3n) is 2.93. The van der Waals surface area contributed by atoms with Crippen molar-refractivity contribution in [2.45, 2.75) is 13.0 Å². The normalized spacial score (nSPS) is 11.6. The molecule has 0 aliphatic heterocycles. The zero-order valence-electron chi connectivity index (χ0n) is 12.2. The smallest absolute Gasteiger partial charge is 0.336 e. The lowest BCUT2D eigenvalue weighted by Gasteiger charge is -2.16. The van der Waals surface area contributed by atoms with Gasteiger partial charge in [-0.2, -0.15) is 0 Å². The molecule has 0 bridgehead atoms. The van der Waals surface area contributed by atoms with Gasteiger partial charge in [0.25, 0.3) is 5.91 Å². The Balaban J connectivity index is 2.23. The summed E-state index contributed by atoms with van der Waals surface area (Å²) in [6.45, 7) is 1.67. The first kappa shape index (κ1) is 16.8. The van der Waals surface area contributed by atoms with Crippen molar-refractivity contribution in [1.29, 1.82) is 0 Å². The summed E-state index contributed by atoms with van der Waals surface area (Å²) >= 11 is 1.18. The molecule has 0 aliphatic rings. The lowest BCUT2D eigenvalue weighted by atomic mass is 10.0. The molecule has 0 radical (unpaired) electrons. The molecule has 0 spiro atoms. The minimum absolute atomic E-state index is 0.0703. The molecule has 2 rings (SSSR count). The van der Waals surface area contributed by atoms with E-state index in [9.17, 15) is 18.8 Å². The zero-order chi connectivity index (χ0) is 16.8. The van der Waals surface area contributed by atoms with Crippen LogP contribution in [0.5, 0.6) is 0 Å². The van der Waals surface area contributed by atoms with Gasteiger partial charge in [-0.15, -0.1) is 11.3 Å². The highest BCUT2D eigenvalue weighted by Crippen LogP contribution is 2.11. The Hall–Kier alpha value is -2.54. The quantitative estimate of drug-likeness (QED) is 0.500. The minimum atomic E-state index is -1.48. The molecule has 7 heteroatoms. The molecule has 1 atom stereocenters. The largest absolute Gasteiger partial charge is 0.464 e.